The smallest absolute Gasteiger partial charge is 0.0893 e. The molecular weight excluding hydrogens is 138 g/mol. The molecule has 0 amide bonds. The Kier molecular flexibility index (Phi) is 3.69. The van der Waals surface area contributed by atoms with Crippen LogP contribution in [0.4, 0.5) is 0 Å². The van der Waals surface area contributed by atoms with E-state index in [-0.39, 0.29) is 0 Å². The monoisotopic (exact) mass is 153 g/mol. The molecule has 0 unspecified atom stereocenters. The zero-order valence-electron chi connectivity index (χ0n) is 6.74. The Labute approximate surface area is 67.6 Å². The molecule has 1 aliphatic heterocycles. The second-order valence-corrected chi connectivity index (χ2v) is 2.60. The Hall–Kier alpha value is -0.830. The zero-order chi connectivity index (χ0) is 7.94. The van der Waals surface area contributed by atoms with E-state index in [0.29, 0.717) is 0 Å². The summed E-state index contributed by atoms with van der Waals surface area (Å²) in [7, 11) is 0. The molecule has 1 heterocycles. The fourth-order valence-corrected chi connectivity index (χ4v) is 1.00. The Bertz CT molecular complexity index is 139. The lowest BCUT2D eigenvalue weighted by atomic mass is 10.3. The van der Waals surface area contributed by atoms with Crippen molar-refractivity contribution in [1.29, 1.82) is 0 Å². The van der Waals surface area contributed by atoms with Crippen molar-refractivity contribution in [2.45, 2.75) is 12.8 Å². The Morgan fingerprint density at radius 2 is 2.36 bits per heavy atom. The first-order chi connectivity index (χ1) is 5.43. The summed E-state index contributed by atoms with van der Waals surface area (Å²) in [5, 5.41) is 0. The standard InChI is InChI=1S/C8H15N3/c9-4-1-2-6-11-7-3-5-10-8-11/h3,7-8H,1-2,4-6,9H2. The van der Waals surface area contributed by atoms with Gasteiger partial charge in [-0.1, -0.05) is 0 Å². The van der Waals surface area contributed by atoms with Crippen molar-refractivity contribution in [2.24, 2.45) is 10.7 Å². The number of hydrogen-bond acceptors (Lipinski definition) is 3. The first-order valence-electron chi connectivity index (χ1n) is 4.06. The normalized spacial score (nSPS) is 15.9. The van der Waals surface area contributed by atoms with Crippen LogP contribution in [0.2, 0.25) is 0 Å². The van der Waals surface area contributed by atoms with Gasteiger partial charge in [-0.25, -0.2) is 0 Å². The van der Waals surface area contributed by atoms with Gasteiger partial charge in [-0.3, -0.25) is 4.99 Å². The molecule has 3 nitrogen and oxygen atoms in total. The first-order valence-corrected chi connectivity index (χ1v) is 4.06. The van der Waals surface area contributed by atoms with Crippen LogP contribution in [-0.2, 0) is 0 Å². The highest BCUT2D eigenvalue weighted by Gasteiger charge is 1.96. The molecule has 1 aliphatic rings. The summed E-state index contributed by atoms with van der Waals surface area (Å²) < 4.78 is 0. The molecule has 0 aliphatic carbocycles. The van der Waals surface area contributed by atoms with Gasteiger partial charge in [-0.2, -0.15) is 0 Å². The topological polar surface area (TPSA) is 41.6 Å². The van der Waals surface area contributed by atoms with Gasteiger partial charge in [0.25, 0.3) is 0 Å². The molecule has 0 radical (unpaired) electrons. The molecule has 0 atom stereocenters. The van der Waals surface area contributed by atoms with Gasteiger partial charge in [0.2, 0.25) is 0 Å². The second kappa shape index (κ2) is 4.91. The predicted octanol–water partition coefficient (Wildman–Crippen LogP) is 0.583. The van der Waals surface area contributed by atoms with Crippen molar-refractivity contribution in [1.82, 2.24) is 4.90 Å². The van der Waals surface area contributed by atoms with Gasteiger partial charge >= 0.3 is 0 Å². The van der Waals surface area contributed by atoms with Crippen molar-refractivity contribution < 1.29 is 0 Å². The SMILES string of the molecule is NCCCCN1C=CCN=C1. The molecule has 1 rings (SSSR count). The molecule has 0 bridgehead atoms. The molecule has 0 spiro atoms. The minimum absolute atomic E-state index is 0.786. The third-order valence-electron chi connectivity index (χ3n) is 1.61. The van der Waals surface area contributed by atoms with Gasteiger partial charge in [0.15, 0.2) is 0 Å². The van der Waals surface area contributed by atoms with Gasteiger partial charge in [0, 0.05) is 12.7 Å². The highest BCUT2D eigenvalue weighted by molar-refractivity contribution is 5.57. The van der Waals surface area contributed by atoms with Crippen molar-refractivity contribution in [3.8, 4) is 0 Å². The van der Waals surface area contributed by atoms with E-state index < -0.39 is 0 Å². The van der Waals surface area contributed by atoms with E-state index in [1.54, 1.807) is 0 Å². The molecular formula is C8H15N3. The maximum atomic E-state index is 5.37. The quantitative estimate of drug-likeness (QED) is 0.600. The molecule has 0 aromatic rings. The van der Waals surface area contributed by atoms with Crippen LogP contribution in [0.25, 0.3) is 0 Å². The maximum absolute atomic E-state index is 5.37. The molecule has 0 aromatic heterocycles. The van der Waals surface area contributed by atoms with Crippen LogP contribution in [0.3, 0.4) is 0 Å². The average Bonchev–Trinajstić information content (AvgIpc) is 2.07. The lowest BCUT2D eigenvalue weighted by Crippen LogP contribution is -2.19. The number of rotatable bonds is 4. The van der Waals surface area contributed by atoms with Gasteiger partial charge in [-0.05, 0) is 25.5 Å². The van der Waals surface area contributed by atoms with Crippen molar-refractivity contribution >= 4 is 6.34 Å². The molecule has 0 saturated carbocycles. The number of nitrogens with two attached hydrogens (primary N) is 1. The predicted molar refractivity (Wildman–Crippen MR) is 47.5 cm³/mol. The third-order valence-corrected chi connectivity index (χ3v) is 1.61. The minimum Gasteiger partial charge on any atom is -0.340 e. The Morgan fingerprint density at radius 3 is 3.00 bits per heavy atom. The van der Waals surface area contributed by atoms with E-state index in [1.165, 1.54) is 0 Å². The second-order valence-electron chi connectivity index (χ2n) is 2.60. The van der Waals surface area contributed by atoms with Crippen molar-refractivity contribution in [3.05, 3.63) is 12.3 Å². The minimum atomic E-state index is 0.786. The lowest BCUT2D eigenvalue weighted by molar-refractivity contribution is 0.526. The van der Waals surface area contributed by atoms with E-state index in [9.17, 15) is 0 Å². The largest absolute Gasteiger partial charge is 0.340 e. The number of unbranched alkanes of at least 4 members (excludes halogenated alkanes) is 1. The number of nitrogens with zero attached hydrogens (tertiary/aromatic N) is 2. The van der Waals surface area contributed by atoms with Crippen LogP contribution in [0, 0.1) is 0 Å². The summed E-state index contributed by atoms with van der Waals surface area (Å²) in [5.74, 6) is 0. The number of aliphatic imine (C=N–C) groups is 1. The fraction of sp³-hybridized carbons (Fsp3) is 0.625. The number of hydrogen-bond donors (Lipinski definition) is 1. The Morgan fingerprint density at radius 1 is 1.45 bits per heavy atom. The summed E-state index contributed by atoms with van der Waals surface area (Å²) in [6, 6.07) is 0. The van der Waals surface area contributed by atoms with Crippen LogP contribution >= 0.6 is 0 Å². The van der Waals surface area contributed by atoms with E-state index in [4.69, 9.17) is 5.73 Å². The van der Waals surface area contributed by atoms with Crippen LogP contribution in [-0.4, -0.2) is 30.9 Å². The molecule has 0 saturated heterocycles. The Balaban J connectivity index is 2.10. The van der Waals surface area contributed by atoms with E-state index in [0.717, 1.165) is 32.5 Å². The summed E-state index contributed by atoms with van der Waals surface area (Å²) in [4.78, 5) is 6.22. The highest BCUT2D eigenvalue weighted by atomic mass is 15.1. The lowest BCUT2D eigenvalue weighted by Gasteiger charge is -2.16. The maximum Gasteiger partial charge on any atom is 0.0893 e. The van der Waals surface area contributed by atoms with E-state index >= 15 is 0 Å². The molecule has 2 N–H and O–H groups in total. The van der Waals surface area contributed by atoms with Crippen molar-refractivity contribution in [2.75, 3.05) is 19.6 Å². The first kappa shape index (κ1) is 8.27. The van der Waals surface area contributed by atoms with E-state index in [2.05, 4.69) is 22.2 Å². The van der Waals surface area contributed by atoms with Crippen LogP contribution in [0.15, 0.2) is 17.3 Å². The van der Waals surface area contributed by atoms with Gasteiger partial charge < -0.3 is 10.6 Å². The third kappa shape index (κ3) is 3.18. The summed E-state index contributed by atoms with van der Waals surface area (Å²) in [6.45, 7) is 2.65. The van der Waals surface area contributed by atoms with Gasteiger partial charge in [0.1, 0.15) is 0 Å². The molecule has 62 valence electrons. The van der Waals surface area contributed by atoms with Crippen LogP contribution < -0.4 is 5.73 Å². The molecule has 0 fully saturated rings. The van der Waals surface area contributed by atoms with Crippen molar-refractivity contribution in [3.63, 3.8) is 0 Å². The van der Waals surface area contributed by atoms with Gasteiger partial charge in [0.05, 0.1) is 12.9 Å². The van der Waals surface area contributed by atoms with Crippen LogP contribution in [0.5, 0.6) is 0 Å². The fourth-order valence-electron chi connectivity index (χ4n) is 1.00. The van der Waals surface area contributed by atoms with Gasteiger partial charge in [-0.15, -0.1) is 0 Å². The summed E-state index contributed by atoms with van der Waals surface area (Å²) in [6.07, 6.45) is 8.26. The zero-order valence-corrected chi connectivity index (χ0v) is 6.74. The summed E-state index contributed by atoms with van der Waals surface area (Å²) in [5.41, 5.74) is 5.37. The average molecular weight is 153 g/mol. The molecule has 3 heteroatoms. The summed E-state index contributed by atoms with van der Waals surface area (Å²) >= 11 is 0. The van der Waals surface area contributed by atoms with E-state index in [1.807, 2.05) is 6.34 Å². The molecule has 11 heavy (non-hydrogen) atoms. The van der Waals surface area contributed by atoms with Crippen LogP contribution in [0.1, 0.15) is 12.8 Å². The molecule has 0 aromatic carbocycles. The highest BCUT2D eigenvalue weighted by Crippen LogP contribution is 1.96.